The highest BCUT2D eigenvalue weighted by Gasteiger charge is 2.20. The van der Waals surface area contributed by atoms with E-state index in [2.05, 4.69) is 17.6 Å². The van der Waals surface area contributed by atoms with Gasteiger partial charge in [0.2, 0.25) is 0 Å². The van der Waals surface area contributed by atoms with Gasteiger partial charge in [0.15, 0.2) is 0 Å². The summed E-state index contributed by atoms with van der Waals surface area (Å²) in [6.45, 7) is 10.9. The third-order valence-electron chi connectivity index (χ3n) is 4.32. The van der Waals surface area contributed by atoms with E-state index in [1.807, 2.05) is 27.7 Å². The first-order valence-electron chi connectivity index (χ1n) is 9.03. The van der Waals surface area contributed by atoms with Crippen LogP contribution in [0.4, 0.5) is 4.79 Å². The van der Waals surface area contributed by atoms with Crippen molar-refractivity contribution >= 4 is 6.09 Å². The highest BCUT2D eigenvalue weighted by Crippen LogP contribution is 2.27. The van der Waals surface area contributed by atoms with Crippen molar-refractivity contribution in [1.82, 2.24) is 10.6 Å². The van der Waals surface area contributed by atoms with Crippen LogP contribution in [-0.2, 0) is 4.74 Å². The average molecular weight is 312 g/mol. The van der Waals surface area contributed by atoms with Crippen LogP contribution in [0.1, 0.15) is 79.6 Å². The molecule has 1 amide bonds. The second kappa shape index (κ2) is 9.39. The van der Waals surface area contributed by atoms with Gasteiger partial charge in [-0.3, -0.25) is 0 Å². The van der Waals surface area contributed by atoms with Crippen LogP contribution in [0.3, 0.4) is 0 Å². The Morgan fingerprint density at radius 3 is 2.41 bits per heavy atom. The second-order valence-corrected chi connectivity index (χ2v) is 7.80. The van der Waals surface area contributed by atoms with Gasteiger partial charge in [0.1, 0.15) is 5.60 Å². The molecule has 1 rings (SSSR count). The molecule has 4 heteroatoms. The summed E-state index contributed by atoms with van der Waals surface area (Å²) in [5.74, 6) is 0.954. The van der Waals surface area contributed by atoms with Crippen molar-refractivity contribution in [2.75, 3.05) is 6.54 Å². The smallest absolute Gasteiger partial charge is 0.407 e. The van der Waals surface area contributed by atoms with E-state index in [0.29, 0.717) is 6.04 Å². The Balaban J connectivity index is 2.10. The highest BCUT2D eigenvalue weighted by atomic mass is 16.6. The van der Waals surface area contributed by atoms with Gasteiger partial charge in [-0.15, -0.1) is 0 Å². The Morgan fingerprint density at radius 2 is 1.86 bits per heavy atom. The molecule has 0 aromatic rings. The summed E-state index contributed by atoms with van der Waals surface area (Å²) in [7, 11) is 0. The molecule has 0 aromatic carbocycles. The number of alkyl carbamates (subject to hydrolysis) is 1. The van der Waals surface area contributed by atoms with Crippen molar-refractivity contribution in [2.24, 2.45) is 5.92 Å². The lowest BCUT2D eigenvalue weighted by molar-refractivity contribution is 0.0506. The monoisotopic (exact) mass is 312 g/mol. The summed E-state index contributed by atoms with van der Waals surface area (Å²) in [6, 6.07) is 0.806. The van der Waals surface area contributed by atoms with Crippen LogP contribution in [-0.4, -0.2) is 30.3 Å². The number of carbonyl (C=O) groups is 1. The molecule has 1 unspecified atom stereocenters. The maximum absolute atomic E-state index is 11.7. The largest absolute Gasteiger partial charge is 0.444 e. The van der Waals surface area contributed by atoms with Gasteiger partial charge in [0.05, 0.1) is 0 Å². The third kappa shape index (κ3) is 8.62. The number of carbonyl (C=O) groups excluding carboxylic acids is 1. The van der Waals surface area contributed by atoms with E-state index >= 15 is 0 Å². The Labute approximate surface area is 136 Å². The molecule has 4 nitrogen and oxygen atoms in total. The maximum atomic E-state index is 11.7. The van der Waals surface area contributed by atoms with Gasteiger partial charge in [-0.25, -0.2) is 4.79 Å². The zero-order chi connectivity index (χ0) is 16.6. The summed E-state index contributed by atoms with van der Waals surface area (Å²) in [5.41, 5.74) is -0.431. The van der Waals surface area contributed by atoms with Gasteiger partial charge in [-0.05, 0) is 72.3 Å². The highest BCUT2D eigenvalue weighted by molar-refractivity contribution is 5.67. The minimum Gasteiger partial charge on any atom is -0.444 e. The van der Waals surface area contributed by atoms with Crippen LogP contribution in [0.25, 0.3) is 0 Å². The Hall–Kier alpha value is -0.770. The van der Waals surface area contributed by atoms with Crippen LogP contribution in [0.2, 0.25) is 0 Å². The van der Waals surface area contributed by atoms with Gasteiger partial charge in [-0.1, -0.05) is 19.8 Å². The molecule has 0 saturated heterocycles. The number of nitrogens with one attached hydrogen (secondary N) is 2. The van der Waals surface area contributed by atoms with E-state index < -0.39 is 5.60 Å². The van der Waals surface area contributed by atoms with Crippen LogP contribution < -0.4 is 10.6 Å². The molecule has 0 spiro atoms. The molecule has 1 aliphatic carbocycles. The quantitative estimate of drug-likeness (QED) is 0.739. The van der Waals surface area contributed by atoms with E-state index in [1.165, 1.54) is 38.5 Å². The number of amides is 1. The van der Waals surface area contributed by atoms with Crippen molar-refractivity contribution in [3.8, 4) is 0 Å². The Kier molecular flexibility index (Phi) is 8.23. The molecule has 22 heavy (non-hydrogen) atoms. The third-order valence-corrected chi connectivity index (χ3v) is 4.32. The molecule has 0 radical (unpaired) electrons. The summed E-state index contributed by atoms with van der Waals surface area (Å²) in [4.78, 5) is 11.7. The number of hydrogen-bond donors (Lipinski definition) is 2. The van der Waals surface area contributed by atoms with Gasteiger partial charge in [-0.2, -0.15) is 0 Å². The first-order valence-corrected chi connectivity index (χ1v) is 9.03. The molecule has 1 saturated carbocycles. The van der Waals surface area contributed by atoms with Crippen LogP contribution in [0, 0.1) is 5.92 Å². The van der Waals surface area contributed by atoms with E-state index in [0.717, 1.165) is 18.9 Å². The van der Waals surface area contributed by atoms with Crippen molar-refractivity contribution in [1.29, 1.82) is 0 Å². The molecule has 0 bridgehead atoms. The first-order chi connectivity index (χ1) is 10.3. The lowest BCUT2D eigenvalue weighted by Crippen LogP contribution is -2.40. The normalized spacial score (nSPS) is 23.9. The summed E-state index contributed by atoms with van der Waals surface area (Å²) in [5, 5.41) is 6.54. The standard InChI is InChI=1S/C18H36N2O2/c1-6-7-15-8-10-16(11-9-15)19-13-12-14(2)20-17(21)22-18(3,4)5/h14-16,19H,6-13H2,1-5H3,(H,20,21). The fourth-order valence-electron chi connectivity index (χ4n) is 3.15. The fourth-order valence-corrected chi connectivity index (χ4v) is 3.15. The molecule has 130 valence electrons. The van der Waals surface area contributed by atoms with E-state index in [9.17, 15) is 4.79 Å². The lowest BCUT2D eigenvalue weighted by Gasteiger charge is -2.29. The van der Waals surface area contributed by atoms with E-state index in [-0.39, 0.29) is 12.1 Å². The van der Waals surface area contributed by atoms with Gasteiger partial charge < -0.3 is 15.4 Å². The van der Waals surface area contributed by atoms with Gasteiger partial charge >= 0.3 is 6.09 Å². The van der Waals surface area contributed by atoms with E-state index in [1.54, 1.807) is 0 Å². The molecule has 0 aromatic heterocycles. The SMILES string of the molecule is CCCC1CCC(NCCC(C)NC(=O)OC(C)(C)C)CC1. The zero-order valence-electron chi connectivity index (χ0n) is 15.2. The zero-order valence-corrected chi connectivity index (χ0v) is 15.2. The molecule has 1 atom stereocenters. The molecule has 2 N–H and O–H groups in total. The van der Waals surface area contributed by atoms with Crippen LogP contribution in [0.15, 0.2) is 0 Å². The summed E-state index contributed by atoms with van der Waals surface area (Å²) >= 11 is 0. The summed E-state index contributed by atoms with van der Waals surface area (Å²) < 4.78 is 5.27. The van der Waals surface area contributed by atoms with Gasteiger partial charge in [0.25, 0.3) is 0 Å². The Morgan fingerprint density at radius 1 is 1.23 bits per heavy atom. The van der Waals surface area contributed by atoms with Gasteiger partial charge in [0, 0.05) is 12.1 Å². The molecule has 1 fully saturated rings. The Bertz CT molecular complexity index is 318. The number of ether oxygens (including phenoxy) is 1. The number of rotatable bonds is 7. The predicted molar refractivity (Wildman–Crippen MR) is 92.1 cm³/mol. The topological polar surface area (TPSA) is 50.4 Å². The van der Waals surface area contributed by atoms with Crippen molar-refractivity contribution in [2.45, 2.75) is 97.2 Å². The second-order valence-electron chi connectivity index (χ2n) is 7.80. The van der Waals surface area contributed by atoms with Crippen molar-refractivity contribution < 1.29 is 9.53 Å². The lowest BCUT2D eigenvalue weighted by atomic mass is 9.83. The average Bonchev–Trinajstić information content (AvgIpc) is 2.38. The molecule has 1 aliphatic rings. The minimum absolute atomic E-state index is 0.138. The number of hydrogen-bond acceptors (Lipinski definition) is 3. The van der Waals surface area contributed by atoms with Crippen molar-refractivity contribution in [3.63, 3.8) is 0 Å². The van der Waals surface area contributed by atoms with Crippen LogP contribution >= 0.6 is 0 Å². The van der Waals surface area contributed by atoms with Crippen LogP contribution in [0.5, 0.6) is 0 Å². The van der Waals surface area contributed by atoms with E-state index in [4.69, 9.17) is 4.74 Å². The summed E-state index contributed by atoms with van der Waals surface area (Å²) in [6.07, 6.45) is 8.68. The minimum atomic E-state index is -0.431. The first kappa shape index (κ1) is 19.3. The molecule has 0 heterocycles. The van der Waals surface area contributed by atoms with Crippen molar-refractivity contribution in [3.05, 3.63) is 0 Å². The fraction of sp³-hybridized carbons (Fsp3) is 0.944. The molecular weight excluding hydrogens is 276 g/mol. The molecule has 0 aliphatic heterocycles. The predicted octanol–water partition coefficient (Wildman–Crippen LogP) is 4.24. The maximum Gasteiger partial charge on any atom is 0.407 e. The molecular formula is C18H36N2O2.